The van der Waals surface area contributed by atoms with Crippen molar-refractivity contribution in [3.8, 4) is 0 Å². The summed E-state index contributed by atoms with van der Waals surface area (Å²) < 4.78 is 42.2. The highest BCUT2D eigenvalue weighted by Gasteiger charge is 2.38. The van der Waals surface area contributed by atoms with Crippen LogP contribution in [0.1, 0.15) is 77.4 Å². The zero-order chi connectivity index (χ0) is 23.0. The van der Waals surface area contributed by atoms with Crippen molar-refractivity contribution in [1.82, 2.24) is 24.7 Å². The van der Waals surface area contributed by atoms with Crippen molar-refractivity contribution in [2.24, 2.45) is 0 Å². The molecular formula is C19H29ClN6O4S. The van der Waals surface area contributed by atoms with E-state index in [-0.39, 0.29) is 29.5 Å². The number of methoxy groups -OCH3 is 1. The van der Waals surface area contributed by atoms with Crippen molar-refractivity contribution in [3.63, 3.8) is 0 Å². The maximum absolute atomic E-state index is 13.2. The lowest BCUT2D eigenvalue weighted by molar-refractivity contribution is -0.0218. The number of aromatic nitrogens is 5. The molecule has 1 aliphatic rings. The molecule has 3 atom stereocenters. The lowest BCUT2D eigenvalue weighted by atomic mass is 10.1. The molecule has 0 unspecified atom stereocenters. The van der Waals surface area contributed by atoms with E-state index >= 15 is 0 Å². The van der Waals surface area contributed by atoms with E-state index in [9.17, 15) is 8.42 Å². The van der Waals surface area contributed by atoms with E-state index < -0.39 is 21.4 Å². The fourth-order valence-corrected chi connectivity index (χ4v) is 4.86. The molecule has 0 aromatic carbocycles. The molecule has 1 saturated heterocycles. The van der Waals surface area contributed by atoms with Crippen molar-refractivity contribution in [2.75, 3.05) is 11.8 Å². The number of nitrogens with one attached hydrogen (secondary N) is 1. The first-order valence-electron chi connectivity index (χ1n) is 10.1. The van der Waals surface area contributed by atoms with E-state index in [0.717, 1.165) is 12.8 Å². The molecule has 3 rings (SSSR count). The van der Waals surface area contributed by atoms with Crippen LogP contribution in [0.2, 0.25) is 5.02 Å². The van der Waals surface area contributed by atoms with Crippen LogP contribution >= 0.6 is 11.6 Å². The number of hydrogen-bond acceptors (Lipinski definition) is 8. The van der Waals surface area contributed by atoms with Crippen molar-refractivity contribution in [3.05, 3.63) is 29.1 Å². The molecule has 10 nitrogen and oxygen atoms in total. The van der Waals surface area contributed by atoms with Gasteiger partial charge in [0.25, 0.3) is 0 Å². The van der Waals surface area contributed by atoms with Crippen LogP contribution in [-0.2, 0) is 19.5 Å². The normalized spacial score (nSPS) is 20.7. The van der Waals surface area contributed by atoms with Gasteiger partial charge in [-0.15, -0.1) is 10.2 Å². The maximum atomic E-state index is 13.2. The van der Waals surface area contributed by atoms with Gasteiger partial charge < -0.3 is 9.47 Å². The quantitative estimate of drug-likeness (QED) is 0.619. The molecule has 1 N–H and O–H groups in total. The molecule has 172 valence electrons. The second-order valence-corrected chi connectivity index (χ2v) is 11.0. The zero-order valence-corrected chi connectivity index (χ0v) is 20.1. The van der Waals surface area contributed by atoms with Crippen LogP contribution in [0.5, 0.6) is 0 Å². The molecule has 0 amide bonds. The lowest BCUT2D eigenvalue weighted by Crippen LogP contribution is -2.33. The van der Waals surface area contributed by atoms with E-state index in [2.05, 4.69) is 24.9 Å². The van der Waals surface area contributed by atoms with Crippen LogP contribution in [-0.4, -0.2) is 51.1 Å². The van der Waals surface area contributed by atoms with Crippen molar-refractivity contribution >= 4 is 27.6 Å². The van der Waals surface area contributed by atoms with Gasteiger partial charge in [-0.1, -0.05) is 11.6 Å². The third-order valence-electron chi connectivity index (χ3n) is 5.29. The number of nitrogens with zero attached hydrogens (tertiary/aromatic N) is 5. The van der Waals surface area contributed by atoms with E-state index in [4.69, 9.17) is 21.1 Å². The molecule has 0 saturated carbocycles. The van der Waals surface area contributed by atoms with E-state index in [1.165, 1.54) is 26.4 Å². The van der Waals surface area contributed by atoms with Crippen LogP contribution in [0.25, 0.3) is 0 Å². The standard InChI is InChI=1S/C19H29ClN6O4S/c1-11(2)26-17(14-7-8-19(4,5)30-14)23-24-18(26)25-31(27,28)12(3)15(29-6)16-21-9-13(20)10-22-16/h9-12,14-15H,7-8H2,1-6H3,(H,24,25)/t12-,14+,15-/m0/s1. The number of halogens is 1. The van der Waals surface area contributed by atoms with Crippen molar-refractivity contribution in [1.29, 1.82) is 0 Å². The second-order valence-electron chi connectivity index (χ2n) is 8.52. The van der Waals surface area contributed by atoms with Crippen LogP contribution in [0.15, 0.2) is 12.4 Å². The van der Waals surface area contributed by atoms with Crippen LogP contribution in [0, 0.1) is 0 Å². The highest BCUT2D eigenvalue weighted by Crippen LogP contribution is 2.39. The Morgan fingerprint density at radius 3 is 2.42 bits per heavy atom. The summed E-state index contributed by atoms with van der Waals surface area (Å²) >= 11 is 5.83. The van der Waals surface area contributed by atoms with Gasteiger partial charge >= 0.3 is 0 Å². The molecule has 0 spiro atoms. The number of hydrogen-bond donors (Lipinski definition) is 1. The molecule has 1 aliphatic heterocycles. The fourth-order valence-electron chi connectivity index (χ4n) is 3.62. The minimum absolute atomic E-state index is 0.0804. The second kappa shape index (κ2) is 8.97. The summed E-state index contributed by atoms with van der Waals surface area (Å²) in [6.07, 6.45) is 3.33. The summed E-state index contributed by atoms with van der Waals surface area (Å²) in [6, 6.07) is -0.0804. The van der Waals surface area contributed by atoms with Gasteiger partial charge in [-0.05, 0) is 47.5 Å². The molecular weight excluding hydrogens is 444 g/mol. The van der Waals surface area contributed by atoms with Gasteiger partial charge in [0.15, 0.2) is 11.6 Å². The molecule has 0 radical (unpaired) electrons. The van der Waals surface area contributed by atoms with E-state index in [1.807, 2.05) is 27.7 Å². The molecule has 0 aliphatic carbocycles. The molecule has 2 aromatic rings. The molecule has 31 heavy (non-hydrogen) atoms. The van der Waals surface area contributed by atoms with Gasteiger partial charge in [-0.3, -0.25) is 9.29 Å². The number of sulfonamides is 1. The zero-order valence-electron chi connectivity index (χ0n) is 18.5. The summed E-state index contributed by atoms with van der Waals surface area (Å²) in [6.45, 7) is 9.45. The van der Waals surface area contributed by atoms with Crippen LogP contribution in [0.4, 0.5) is 5.95 Å². The summed E-state index contributed by atoms with van der Waals surface area (Å²) in [5.41, 5.74) is -0.253. The molecule has 1 fully saturated rings. The fraction of sp³-hybridized carbons (Fsp3) is 0.684. The molecule has 2 aromatic heterocycles. The van der Waals surface area contributed by atoms with Gasteiger partial charge in [-0.2, -0.15) is 0 Å². The average molecular weight is 473 g/mol. The first kappa shape index (κ1) is 23.8. The summed E-state index contributed by atoms with van der Waals surface area (Å²) in [5, 5.41) is 7.71. The first-order chi connectivity index (χ1) is 14.4. The first-order valence-corrected chi connectivity index (χ1v) is 12.0. The SMILES string of the molecule is CO[C@H](c1ncc(Cl)cn1)[C@H](C)S(=O)(=O)Nc1nnc([C@H]2CCC(C)(C)O2)n1C(C)C. The monoisotopic (exact) mass is 472 g/mol. The van der Waals surface area contributed by atoms with Crippen molar-refractivity contribution < 1.29 is 17.9 Å². The number of anilines is 1. The summed E-state index contributed by atoms with van der Waals surface area (Å²) in [7, 11) is -2.52. The predicted molar refractivity (Wildman–Crippen MR) is 116 cm³/mol. The largest absolute Gasteiger partial charge is 0.372 e. The van der Waals surface area contributed by atoms with Gasteiger partial charge in [0.2, 0.25) is 16.0 Å². The topological polar surface area (TPSA) is 121 Å². The van der Waals surface area contributed by atoms with Gasteiger partial charge in [-0.25, -0.2) is 18.4 Å². The minimum Gasteiger partial charge on any atom is -0.372 e. The number of rotatable bonds is 8. The lowest BCUT2D eigenvalue weighted by Gasteiger charge is -2.23. The van der Waals surface area contributed by atoms with Crippen molar-refractivity contribution in [2.45, 2.75) is 76.6 Å². The maximum Gasteiger partial charge on any atom is 0.240 e. The summed E-state index contributed by atoms with van der Waals surface area (Å²) in [4.78, 5) is 8.19. The van der Waals surface area contributed by atoms with Gasteiger partial charge in [0.1, 0.15) is 17.5 Å². The van der Waals surface area contributed by atoms with Crippen LogP contribution in [0.3, 0.4) is 0 Å². The highest BCUT2D eigenvalue weighted by atomic mass is 35.5. The Kier molecular flexibility index (Phi) is 6.90. The minimum atomic E-state index is -3.92. The van der Waals surface area contributed by atoms with Crippen LogP contribution < -0.4 is 4.72 Å². The Morgan fingerprint density at radius 2 is 1.90 bits per heavy atom. The Morgan fingerprint density at radius 1 is 1.26 bits per heavy atom. The Hall–Kier alpha value is -1.82. The molecule has 0 bridgehead atoms. The van der Waals surface area contributed by atoms with Gasteiger partial charge in [0, 0.05) is 25.5 Å². The number of ether oxygens (including phenoxy) is 2. The Balaban J connectivity index is 1.87. The third-order valence-corrected chi connectivity index (χ3v) is 7.18. The summed E-state index contributed by atoms with van der Waals surface area (Å²) in [5.74, 6) is 0.963. The smallest absolute Gasteiger partial charge is 0.240 e. The Labute approximate surface area is 187 Å². The highest BCUT2D eigenvalue weighted by molar-refractivity contribution is 7.93. The van der Waals surface area contributed by atoms with E-state index in [0.29, 0.717) is 10.8 Å². The Bertz CT molecular complexity index is 1010. The molecule has 12 heteroatoms. The predicted octanol–water partition coefficient (Wildman–Crippen LogP) is 3.45. The average Bonchev–Trinajstić information content (AvgIpc) is 3.26. The third kappa shape index (κ3) is 5.16. The van der Waals surface area contributed by atoms with Gasteiger partial charge in [0.05, 0.1) is 10.6 Å². The van der Waals surface area contributed by atoms with E-state index in [1.54, 1.807) is 4.57 Å². The molecule has 3 heterocycles.